The monoisotopic (exact) mass is 253 g/mol. The van der Waals surface area contributed by atoms with Crippen LogP contribution in [0, 0.1) is 0 Å². The Bertz CT molecular complexity index is 418. The summed E-state index contributed by atoms with van der Waals surface area (Å²) in [7, 11) is 0. The van der Waals surface area contributed by atoms with Gasteiger partial charge in [0.1, 0.15) is 0 Å². The molecule has 17 heavy (non-hydrogen) atoms. The van der Waals surface area contributed by atoms with Crippen LogP contribution < -0.4 is 15.2 Å². The fourth-order valence-electron chi connectivity index (χ4n) is 1.66. The number of nitrogens with two attached hydrogens (primary N) is 1. The number of rotatable bonds is 3. The zero-order valence-corrected chi connectivity index (χ0v) is 10.4. The van der Waals surface area contributed by atoms with Crippen molar-refractivity contribution in [3.63, 3.8) is 0 Å². The third kappa shape index (κ3) is 3.14. The van der Waals surface area contributed by atoms with Gasteiger partial charge < -0.3 is 15.2 Å². The van der Waals surface area contributed by atoms with Crippen molar-refractivity contribution in [2.45, 2.75) is 12.8 Å². The van der Waals surface area contributed by atoms with Gasteiger partial charge in [-0.2, -0.15) is 0 Å². The summed E-state index contributed by atoms with van der Waals surface area (Å²) in [6.45, 7) is 1.96. The first kappa shape index (κ1) is 12.3. The van der Waals surface area contributed by atoms with Gasteiger partial charge in [-0.3, -0.25) is 0 Å². The van der Waals surface area contributed by atoms with E-state index >= 15 is 0 Å². The van der Waals surface area contributed by atoms with E-state index in [-0.39, 0.29) is 0 Å². The van der Waals surface area contributed by atoms with E-state index in [1.165, 1.54) is 0 Å². The Hall–Kier alpha value is -1.19. The van der Waals surface area contributed by atoms with Crippen molar-refractivity contribution in [1.29, 1.82) is 0 Å². The molecular weight excluding hydrogens is 238 g/mol. The lowest BCUT2D eigenvalue weighted by molar-refractivity contribution is 0.297. The van der Waals surface area contributed by atoms with Gasteiger partial charge in [0.25, 0.3) is 0 Å². The molecule has 0 aromatic heterocycles. The Morgan fingerprint density at radius 1 is 1.29 bits per heavy atom. The van der Waals surface area contributed by atoms with Crippen LogP contribution >= 0.6 is 11.6 Å². The molecule has 0 fully saturated rings. The van der Waals surface area contributed by atoms with Crippen LogP contribution in [0.4, 0.5) is 0 Å². The Labute approximate surface area is 106 Å². The maximum absolute atomic E-state index is 6.17. The van der Waals surface area contributed by atoms with Crippen LogP contribution in [0.25, 0.3) is 6.08 Å². The highest BCUT2D eigenvalue weighted by Gasteiger charge is 2.14. The molecule has 0 saturated carbocycles. The van der Waals surface area contributed by atoms with Crippen LogP contribution in [0.15, 0.2) is 18.2 Å². The fourth-order valence-corrected chi connectivity index (χ4v) is 1.94. The predicted octanol–water partition coefficient (Wildman–Crippen LogP) is 2.86. The average molecular weight is 254 g/mol. The number of ether oxygens (including phenoxy) is 2. The van der Waals surface area contributed by atoms with Gasteiger partial charge >= 0.3 is 0 Å². The van der Waals surface area contributed by atoms with Crippen molar-refractivity contribution < 1.29 is 9.47 Å². The lowest BCUT2D eigenvalue weighted by atomic mass is 10.1. The van der Waals surface area contributed by atoms with E-state index in [0.29, 0.717) is 30.5 Å². The highest BCUT2D eigenvalue weighted by atomic mass is 35.5. The third-order valence-corrected chi connectivity index (χ3v) is 2.75. The van der Waals surface area contributed by atoms with E-state index in [1.807, 2.05) is 24.3 Å². The average Bonchev–Trinajstić information content (AvgIpc) is 2.55. The molecule has 1 aliphatic heterocycles. The SMILES string of the molecule is NCCC=Cc1cc(Cl)c2c(c1)OCCCO2. The Morgan fingerprint density at radius 2 is 2.12 bits per heavy atom. The second-order valence-corrected chi connectivity index (χ2v) is 4.27. The minimum atomic E-state index is 0.594. The molecule has 0 saturated heterocycles. The van der Waals surface area contributed by atoms with Crippen LogP contribution in [0.2, 0.25) is 5.02 Å². The summed E-state index contributed by atoms with van der Waals surface area (Å²) >= 11 is 6.17. The van der Waals surface area contributed by atoms with E-state index in [9.17, 15) is 0 Å². The maximum atomic E-state index is 6.17. The molecule has 1 heterocycles. The van der Waals surface area contributed by atoms with Crippen molar-refractivity contribution in [2.24, 2.45) is 5.73 Å². The summed E-state index contributed by atoms with van der Waals surface area (Å²) in [5, 5.41) is 0.594. The van der Waals surface area contributed by atoms with Gasteiger partial charge in [-0.1, -0.05) is 23.8 Å². The standard InChI is InChI=1S/C13H16ClNO2/c14-11-8-10(4-1-2-5-15)9-12-13(11)17-7-3-6-16-12/h1,4,8-9H,2-3,5-7,15H2. The van der Waals surface area contributed by atoms with Crippen LogP contribution in [0.1, 0.15) is 18.4 Å². The van der Waals surface area contributed by atoms with Crippen molar-refractivity contribution in [2.75, 3.05) is 19.8 Å². The molecular formula is C13H16ClNO2. The van der Waals surface area contributed by atoms with Crippen LogP contribution in [0.3, 0.4) is 0 Å². The number of hydrogen-bond donors (Lipinski definition) is 1. The number of hydrogen-bond acceptors (Lipinski definition) is 3. The molecule has 1 aromatic carbocycles. The smallest absolute Gasteiger partial charge is 0.179 e. The van der Waals surface area contributed by atoms with Gasteiger partial charge in [0.2, 0.25) is 0 Å². The van der Waals surface area contributed by atoms with Crippen molar-refractivity contribution >= 4 is 17.7 Å². The van der Waals surface area contributed by atoms with Crippen molar-refractivity contribution in [3.05, 3.63) is 28.8 Å². The highest BCUT2D eigenvalue weighted by molar-refractivity contribution is 6.32. The van der Waals surface area contributed by atoms with Crippen LogP contribution in [-0.2, 0) is 0 Å². The molecule has 0 aliphatic carbocycles. The molecule has 4 heteroatoms. The summed E-state index contributed by atoms with van der Waals surface area (Å²) in [6, 6.07) is 3.82. The van der Waals surface area contributed by atoms with Gasteiger partial charge in [-0.05, 0) is 30.7 Å². The predicted molar refractivity (Wildman–Crippen MR) is 69.8 cm³/mol. The minimum absolute atomic E-state index is 0.594. The zero-order chi connectivity index (χ0) is 12.1. The van der Waals surface area contributed by atoms with Crippen LogP contribution in [0.5, 0.6) is 11.5 Å². The first-order valence-electron chi connectivity index (χ1n) is 5.77. The van der Waals surface area contributed by atoms with Crippen molar-refractivity contribution in [3.8, 4) is 11.5 Å². The lowest BCUT2D eigenvalue weighted by Gasteiger charge is -2.09. The lowest BCUT2D eigenvalue weighted by Crippen LogP contribution is -1.97. The first-order valence-corrected chi connectivity index (χ1v) is 6.15. The molecule has 0 bridgehead atoms. The topological polar surface area (TPSA) is 44.5 Å². The van der Waals surface area contributed by atoms with E-state index in [2.05, 4.69) is 0 Å². The molecule has 0 amide bonds. The number of benzene rings is 1. The third-order valence-electron chi connectivity index (χ3n) is 2.47. The van der Waals surface area contributed by atoms with Gasteiger partial charge in [0.05, 0.1) is 18.2 Å². The molecule has 1 aromatic rings. The summed E-state index contributed by atoms with van der Waals surface area (Å²) in [5.74, 6) is 1.38. The van der Waals surface area contributed by atoms with E-state index in [4.69, 9.17) is 26.8 Å². The Morgan fingerprint density at radius 3 is 2.94 bits per heavy atom. The minimum Gasteiger partial charge on any atom is -0.489 e. The largest absolute Gasteiger partial charge is 0.489 e. The normalized spacial score (nSPS) is 14.9. The van der Waals surface area contributed by atoms with Crippen LogP contribution in [-0.4, -0.2) is 19.8 Å². The summed E-state index contributed by atoms with van der Waals surface area (Å²) in [4.78, 5) is 0. The Kier molecular flexibility index (Phi) is 4.29. The van der Waals surface area contributed by atoms with E-state index in [1.54, 1.807) is 0 Å². The number of fused-ring (bicyclic) bond motifs is 1. The second-order valence-electron chi connectivity index (χ2n) is 3.86. The maximum Gasteiger partial charge on any atom is 0.179 e. The van der Waals surface area contributed by atoms with Gasteiger partial charge in [0, 0.05) is 6.42 Å². The first-order chi connectivity index (χ1) is 8.31. The van der Waals surface area contributed by atoms with E-state index < -0.39 is 0 Å². The van der Waals surface area contributed by atoms with Gasteiger partial charge in [-0.15, -0.1) is 0 Å². The molecule has 3 nitrogen and oxygen atoms in total. The molecule has 1 aliphatic rings. The quantitative estimate of drug-likeness (QED) is 0.901. The summed E-state index contributed by atoms with van der Waals surface area (Å²) in [6.07, 6.45) is 5.75. The fraction of sp³-hybridized carbons (Fsp3) is 0.385. The molecule has 0 unspecified atom stereocenters. The molecule has 0 atom stereocenters. The molecule has 92 valence electrons. The van der Waals surface area contributed by atoms with Gasteiger partial charge in [-0.25, -0.2) is 0 Å². The molecule has 0 spiro atoms. The molecule has 2 rings (SSSR count). The van der Waals surface area contributed by atoms with E-state index in [0.717, 1.165) is 24.2 Å². The number of halogens is 1. The summed E-state index contributed by atoms with van der Waals surface area (Å²) < 4.78 is 11.2. The Balaban J connectivity index is 2.25. The zero-order valence-electron chi connectivity index (χ0n) is 9.62. The second kappa shape index (κ2) is 5.94. The summed E-state index contributed by atoms with van der Waals surface area (Å²) in [5.41, 5.74) is 6.44. The molecule has 0 radical (unpaired) electrons. The molecule has 2 N–H and O–H groups in total. The van der Waals surface area contributed by atoms with Crippen molar-refractivity contribution in [1.82, 2.24) is 0 Å². The van der Waals surface area contributed by atoms with Gasteiger partial charge in [0.15, 0.2) is 11.5 Å². The highest BCUT2D eigenvalue weighted by Crippen LogP contribution is 2.38.